The fourth-order valence-corrected chi connectivity index (χ4v) is 4.02. The van der Waals surface area contributed by atoms with Gasteiger partial charge in [-0.15, -0.1) is 0 Å². The summed E-state index contributed by atoms with van der Waals surface area (Å²) in [5.41, 5.74) is 17.9. The van der Waals surface area contributed by atoms with Crippen molar-refractivity contribution >= 4 is 65.8 Å². The van der Waals surface area contributed by atoms with Crippen LogP contribution in [0.25, 0.3) is 10.9 Å². The standard InChI is InChI=1S/C23H34N8O5S2/c24-14(10-37)19(32)31-18(11-38)21(34)29-16(6-3-7-27-23(25)26)20(33)30-17(22(35)36)8-12-9-28-15-5-2-1-4-13(12)15/h1-2,4-5,9,14,16-18,28,37-38H,3,6-8,10-11,24H2,(H,29,34)(H,30,33)(H,31,32)(H,35,36)(H4,25,26,27). The highest BCUT2D eigenvalue weighted by Gasteiger charge is 2.30. The van der Waals surface area contributed by atoms with Crippen LogP contribution >= 0.6 is 25.3 Å². The Morgan fingerprint density at radius 2 is 1.58 bits per heavy atom. The lowest BCUT2D eigenvalue weighted by Crippen LogP contribution is -2.58. The second-order valence-electron chi connectivity index (χ2n) is 8.51. The highest BCUT2D eigenvalue weighted by molar-refractivity contribution is 7.80. The molecule has 4 atom stereocenters. The third kappa shape index (κ3) is 9.15. The third-order valence-electron chi connectivity index (χ3n) is 5.64. The summed E-state index contributed by atoms with van der Waals surface area (Å²) < 4.78 is 0. The van der Waals surface area contributed by atoms with E-state index in [0.29, 0.717) is 12.0 Å². The molecule has 0 bridgehead atoms. The molecule has 0 spiro atoms. The summed E-state index contributed by atoms with van der Waals surface area (Å²) in [5, 5.41) is 18.2. The molecule has 11 N–H and O–H groups in total. The van der Waals surface area contributed by atoms with Crippen LogP contribution in [0.15, 0.2) is 35.5 Å². The van der Waals surface area contributed by atoms with Gasteiger partial charge in [-0.3, -0.25) is 19.4 Å². The number of carbonyl (C=O) groups excluding carboxylic acids is 3. The highest BCUT2D eigenvalue weighted by Crippen LogP contribution is 2.19. The van der Waals surface area contributed by atoms with Gasteiger partial charge in [0.25, 0.3) is 0 Å². The maximum atomic E-state index is 13.2. The monoisotopic (exact) mass is 566 g/mol. The smallest absolute Gasteiger partial charge is 0.326 e. The number of nitrogens with two attached hydrogens (primary N) is 3. The molecule has 0 radical (unpaired) electrons. The van der Waals surface area contributed by atoms with Crippen molar-refractivity contribution in [2.24, 2.45) is 22.2 Å². The second kappa shape index (κ2) is 15.1. The van der Waals surface area contributed by atoms with Gasteiger partial charge < -0.3 is 43.2 Å². The zero-order valence-electron chi connectivity index (χ0n) is 20.6. The molecule has 2 rings (SSSR count). The van der Waals surface area contributed by atoms with Gasteiger partial charge in [-0.05, 0) is 24.5 Å². The number of H-pyrrole nitrogens is 1. The van der Waals surface area contributed by atoms with Crippen molar-refractivity contribution in [3.63, 3.8) is 0 Å². The van der Waals surface area contributed by atoms with Crippen LogP contribution in [-0.2, 0) is 25.6 Å². The lowest BCUT2D eigenvalue weighted by atomic mass is 10.0. The fraction of sp³-hybridized carbons (Fsp3) is 0.435. The normalized spacial score (nSPS) is 14.1. The summed E-state index contributed by atoms with van der Waals surface area (Å²) in [6.07, 6.45) is 2.10. The van der Waals surface area contributed by atoms with E-state index in [1.165, 1.54) is 0 Å². The van der Waals surface area contributed by atoms with Gasteiger partial charge in [-0.25, -0.2) is 4.79 Å². The van der Waals surface area contributed by atoms with Crippen LogP contribution in [0, 0.1) is 0 Å². The van der Waals surface area contributed by atoms with Gasteiger partial charge in [-0.2, -0.15) is 25.3 Å². The number of amides is 3. The van der Waals surface area contributed by atoms with E-state index in [0.717, 1.165) is 10.9 Å². The number of benzene rings is 1. The molecule has 0 aliphatic rings. The van der Waals surface area contributed by atoms with Crippen molar-refractivity contribution in [2.75, 3.05) is 18.1 Å². The number of aromatic nitrogens is 1. The third-order valence-corrected chi connectivity index (χ3v) is 6.40. The molecule has 1 aromatic carbocycles. The minimum absolute atomic E-state index is 0.0106. The number of carboxylic acid groups (broad SMARTS) is 1. The van der Waals surface area contributed by atoms with E-state index < -0.39 is 47.9 Å². The molecule has 4 unspecified atom stereocenters. The van der Waals surface area contributed by atoms with Gasteiger partial charge in [-0.1, -0.05) is 18.2 Å². The highest BCUT2D eigenvalue weighted by atomic mass is 32.1. The number of para-hydroxylation sites is 1. The Hall–Kier alpha value is -3.43. The van der Waals surface area contributed by atoms with E-state index in [1.807, 2.05) is 24.3 Å². The van der Waals surface area contributed by atoms with Gasteiger partial charge in [0.15, 0.2) is 5.96 Å². The summed E-state index contributed by atoms with van der Waals surface area (Å²) in [7, 11) is 0. The zero-order valence-corrected chi connectivity index (χ0v) is 22.4. The van der Waals surface area contributed by atoms with Crippen molar-refractivity contribution in [2.45, 2.75) is 43.4 Å². The van der Waals surface area contributed by atoms with Gasteiger partial charge in [0, 0.05) is 41.6 Å². The summed E-state index contributed by atoms with van der Waals surface area (Å²) in [5.74, 6) is -3.38. The van der Waals surface area contributed by atoms with Crippen LogP contribution in [0.4, 0.5) is 0 Å². The minimum atomic E-state index is -1.27. The molecule has 0 aliphatic heterocycles. The van der Waals surface area contributed by atoms with Crippen LogP contribution in [0.2, 0.25) is 0 Å². The molecule has 0 fully saturated rings. The number of carbonyl (C=O) groups is 4. The quantitative estimate of drug-likeness (QED) is 0.0526. The van der Waals surface area contributed by atoms with Gasteiger partial charge >= 0.3 is 5.97 Å². The largest absolute Gasteiger partial charge is 0.480 e. The first-order valence-electron chi connectivity index (χ1n) is 11.8. The SMILES string of the molecule is NC(N)=NCCCC(NC(=O)C(CS)NC(=O)C(N)CS)C(=O)NC(Cc1c[nH]c2ccccc12)C(=O)O. The molecule has 15 heteroatoms. The fourth-order valence-electron chi connectivity index (χ4n) is 3.59. The van der Waals surface area contributed by atoms with Crippen LogP contribution < -0.4 is 33.2 Å². The molecular weight excluding hydrogens is 532 g/mol. The number of hydrogen-bond acceptors (Lipinski definition) is 8. The Morgan fingerprint density at radius 1 is 0.947 bits per heavy atom. The summed E-state index contributed by atoms with van der Waals surface area (Å²) >= 11 is 8.07. The zero-order chi connectivity index (χ0) is 28.2. The number of nitrogens with zero attached hydrogens (tertiary/aromatic N) is 1. The van der Waals surface area contributed by atoms with Gasteiger partial charge in [0.05, 0.1) is 6.04 Å². The summed E-state index contributed by atoms with van der Waals surface area (Å²) in [4.78, 5) is 57.1. The topological polar surface area (TPSA) is 231 Å². The van der Waals surface area contributed by atoms with Gasteiger partial charge in [0.1, 0.15) is 18.1 Å². The molecular formula is C23H34N8O5S2. The first kappa shape index (κ1) is 30.8. The summed E-state index contributed by atoms with van der Waals surface area (Å²) in [6.45, 7) is 0.184. The van der Waals surface area contributed by atoms with Crippen molar-refractivity contribution in [3.05, 3.63) is 36.0 Å². The lowest BCUT2D eigenvalue weighted by molar-refractivity contribution is -0.142. The number of hydrogen-bond donors (Lipinski definition) is 10. The molecule has 1 heterocycles. The Morgan fingerprint density at radius 3 is 2.21 bits per heavy atom. The number of rotatable bonds is 15. The maximum absolute atomic E-state index is 13.2. The van der Waals surface area contributed by atoms with E-state index >= 15 is 0 Å². The van der Waals surface area contributed by atoms with E-state index in [1.54, 1.807) is 6.20 Å². The molecule has 13 nitrogen and oxygen atoms in total. The molecule has 1 aromatic heterocycles. The molecule has 0 aliphatic carbocycles. The predicted molar refractivity (Wildman–Crippen MR) is 151 cm³/mol. The average molecular weight is 567 g/mol. The second-order valence-corrected chi connectivity index (χ2v) is 9.24. The molecule has 38 heavy (non-hydrogen) atoms. The van der Waals surface area contributed by atoms with Crippen LogP contribution in [0.5, 0.6) is 0 Å². The molecule has 208 valence electrons. The van der Waals surface area contributed by atoms with Crippen LogP contribution in [0.3, 0.4) is 0 Å². The predicted octanol–water partition coefficient (Wildman–Crippen LogP) is -1.51. The lowest BCUT2D eigenvalue weighted by Gasteiger charge is -2.24. The number of nitrogens with one attached hydrogen (secondary N) is 4. The number of fused-ring (bicyclic) bond motifs is 1. The number of aromatic amines is 1. The number of thiol groups is 2. The van der Waals surface area contributed by atoms with E-state index in [2.05, 4.69) is 51.2 Å². The number of aliphatic carboxylic acids is 1. The first-order chi connectivity index (χ1) is 18.1. The Balaban J connectivity index is 2.17. The van der Waals surface area contributed by atoms with E-state index in [4.69, 9.17) is 17.2 Å². The van der Waals surface area contributed by atoms with Crippen LogP contribution in [-0.4, -0.2) is 82.0 Å². The Bertz CT molecular complexity index is 1150. The first-order valence-corrected chi connectivity index (χ1v) is 13.0. The van der Waals surface area contributed by atoms with Crippen molar-refractivity contribution in [1.29, 1.82) is 0 Å². The number of guanidine groups is 1. The van der Waals surface area contributed by atoms with Crippen molar-refractivity contribution in [3.8, 4) is 0 Å². The van der Waals surface area contributed by atoms with Crippen molar-refractivity contribution < 1.29 is 24.3 Å². The van der Waals surface area contributed by atoms with E-state index in [9.17, 15) is 24.3 Å². The maximum Gasteiger partial charge on any atom is 0.326 e. The number of carboxylic acids is 1. The van der Waals surface area contributed by atoms with Crippen LogP contribution in [0.1, 0.15) is 18.4 Å². The van der Waals surface area contributed by atoms with Crippen molar-refractivity contribution in [1.82, 2.24) is 20.9 Å². The minimum Gasteiger partial charge on any atom is -0.480 e. The van der Waals surface area contributed by atoms with E-state index in [-0.39, 0.29) is 36.9 Å². The molecule has 0 saturated heterocycles. The van der Waals surface area contributed by atoms with Gasteiger partial charge in [0.2, 0.25) is 17.7 Å². The Kier molecular flexibility index (Phi) is 12.2. The average Bonchev–Trinajstić information content (AvgIpc) is 3.30. The summed E-state index contributed by atoms with van der Waals surface area (Å²) in [6, 6.07) is 2.94. The molecule has 2 aromatic rings. The molecule has 0 saturated carbocycles. The molecule has 3 amide bonds. The Labute approximate surface area is 230 Å². The number of aliphatic imine (C=N–C) groups is 1.